The van der Waals surface area contributed by atoms with Crippen LogP contribution in [-0.2, 0) is 14.3 Å². The second kappa shape index (κ2) is 4.45. The number of phenols is 1. The van der Waals surface area contributed by atoms with Crippen LogP contribution in [-0.4, -0.2) is 36.2 Å². The standard InChI is InChI=1S/C12H13NO4/c1-7-10(12(15)16-2)13-11(17-7)8-5-3-4-6-9(8)14/h3-7,10,14H,1-2H3/t7-,10+/m1/s1. The molecule has 17 heavy (non-hydrogen) atoms. The van der Waals surface area contributed by atoms with Gasteiger partial charge in [0, 0.05) is 0 Å². The Morgan fingerprint density at radius 3 is 2.82 bits per heavy atom. The van der Waals surface area contributed by atoms with Gasteiger partial charge in [-0.15, -0.1) is 0 Å². The quantitative estimate of drug-likeness (QED) is 0.779. The number of rotatable bonds is 2. The van der Waals surface area contributed by atoms with Gasteiger partial charge in [0.05, 0.1) is 12.7 Å². The van der Waals surface area contributed by atoms with Crippen LogP contribution in [0, 0.1) is 0 Å². The molecule has 2 atom stereocenters. The summed E-state index contributed by atoms with van der Waals surface area (Å²) in [5.74, 6) is -0.0992. The third-order valence-electron chi connectivity index (χ3n) is 2.58. The predicted molar refractivity (Wildman–Crippen MR) is 61.0 cm³/mol. The van der Waals surface area contributed by atoms with E-state index in [4.69, 9.17) is 4.74 Å². The number of hydrogen-bond acceptors (Lipinski definition) is 5. The van der Waals surface area contributed by atoms with Crippen molar-refractivity contribution in [3.63, 3.8) is 0 Å². The number of ether oxygens (including phenoxy) is 2. The molecule has 1 aromatic carbocycles. The minimum atomic E-state index is -0.672. The lowest BCUT2D eigenvalue weighted by Crippen LogP contribution is -2.28. The maximum atomic E-state index is 11.4. The summed E-state index contributed by atoms with van der Waals surface area (Å²) >= 11 is 0. The van der Waals surface area contributed by atoms with Gasteiger partial charge >= 0.3 is 5.97 Å². The molecule has 90 valence electrons. The third-order valence-corrected chi connectivity index (χ3v) is 2.58. The molecule has 0 amide bonds. The van der Waals surface area contributed by atoms with Crippen LogP contribution in [0.25, 0.3) is 0 Å². The number of phenolic OH excluding ortho intramolecular Hbond substituents is 1. The minimum Gasteiger partial charge on any atom is -0.507 e. The Labute approximate surface area is 98.7 Å². The van der Waals surface area contributed by atoms with Crippen molar-refractivity contribution in [3.8, 4) is 5.75 Å². The Hall–Kier alpha value is -2.04. The lowest BCUT2D eigenvalue weighted by Gasteiger charge is -2.10. The fraction of sp³-hybridized carbons (Fsp3) is 0.333. The molecule has 0 unspecified atom stereocenters. The topological polar surface area (TPSA) is 68.1 Å². The van der Waals surface area contributed by atoms with E-state index >= 15 is 0 Å². The number of hydrogen-bond donors (Lipinski definition) is 1. The zero-order chi connectivity index (χ0) is 12.4. The van der Waals surface area contributed by atoms with Crippen LogP contribution in [0.4, 0.5) is 0 Å². The van der Waals surface area contributed by atoms with E-state index in [0.717, 1.165) is 0 Å². The number of aromatic hydroxyl groups is 1. The highest BCUT2D eigenvalue weighted by Gasteiger charge is 2.35. The minimum absolute atomic E-state index is 0.0731. The molecule has 0 spiro atoms. The fourth-order valence-electron chi connectivity index (χ4n) is 1.65. The zero-order valence-electron chi connectivity index (χ0n) is 9.58. The molecule has 5 nitrogen and oxygen atoms in total. The number of aliphatic imine (C=N–C) groups is 1. The van der Waals surface area contributed by atoms with E-state index in [1.54, 1.807) is 25.1 Å². The number of methoxy groups -OCH3 is 1. The number of carbonyl (C=O) groups excluding carboxylic acids is 1. The average molecular weight is 235 g/mol. The Kier molecular flexibility index (Phi) is 2.99. The van der Waals surface area contributed by atoms with Crippen LogP contribution in [0.1, 0.15) is 12.5 Å². The Bertz CT molecular complexity index is 469. The van der Waals surface area contributed by atoms with Gasteiger partial charge in [0.15, 0.2) is 6.04 Å². The first-order chi connectivity index (χ1) is 8.13. The van der Waals surface area contributed by atoms with Crippen molar-refractivity contribution in [2.24, 2.45) is 4.99 Å². The van der Waals surface area contributed by atoms with E-state index in [1.807, 2.05) is 0 Å². The summed E-state index contributed by atoms with van der Waals surface area (Å²) in [6.07, 6.45) is -0.392. The summed E-state index contributed by atoms with van der Waals surface area (Å²) in [4.78, 5) is 15.5. The largest absolute Gasteiger partial charge is 0.507 e. The first kappa shape index (κ1) is 11.4. The molecule has 0 aromatic heterocycles. The smallest absolute Gasteiger partial charge is 0.334 e. The van der Waals surface area contributed by atoms with E-state index < -0.39 is 18.1 Å². The molecule has 5 heteroatoms. The van der Waals surface area contributed by atoms with E-state index in [0.29, 0.717) is 5.56 Å². The second-order valence-corrected chi connectivity index (χ2v) is 3.74. The number of benzene rings is 1. The maximum Gasteiger partial charge on any atom is 0.334 e. The summed E-state index contributed by atoms with van der Waals surface area (Å²) in [5, 5.41) is 9.66. The molecule has 0 aliphatic carbocycles. The van der Waals surface area contributed by atoms with Gasteiger partial charge in [-0.2, -0.15) is 0 Å². The molecule has 1 aliphatic heterocycles. The SMILES string of the molecule is COC(=O)[C@H]1N=C(c2ccccc2O)O[C@@H]1C. The highest BCUT2D eigenvalue weighted by Crippen LogP contribution is 2.24. The van der Waals surface area contributed by atoms with Crippen molar-refractivity contribution in [2.45, 2.75) is 19.1 Å². The Balaban J connectivity index is 2.30. The lowest BCUT2D eigenvalue weighted by atomic mass is 10.2. The van der Waals surface area contributed by atoms with Gasteiger partial charge in [0.2, 0.25) is 5.90 Å². The molecular weight excluding hydrogens is 222 g/mol. The Morgan fingerprint density at radius 2 is 2.18 bits per heavy atom. The second-order valence-electron chi connectivity index (χ2n) is 3.74. The molecule has 0 bridgehead atoms. The Morgan fingerprint density at radius 1 is 1.47 bits per heavy atom. The number of nitrogens with zero attached hydrogens (tertiary/aromatic N) is 1. The molecule has 1 aromatic rings. The summed E-state index contributed by atoms with van der Waals surface area (Å²) in [5.41, 5.74) is 0.478. The van der Waals surface area contributed by atoms with Crippen molar-refractivity contribution in [1.29, 1.82) is 0 Å². The summed E-state index contributed by atoms with van der Waals surface area (Å²) in [7, 11) is 1.31. The molecule has 0 radical (unpaired) electrons. The van der Waals surface area contributed by atoms with Crippen LogP contribution < -0.4 is 0 Å². The number of esters is 1. The van der Waals surface area contributed by atoms with Crippen LogP contribution in [0.3, 0.4) is 0 Å². The molecule has 0 saturated carbocycles. The molecule has 0 saturated heterocycles. The van der Waals surface area contributed by atoms with Crippen LogP contribution in [0.5, 0.6) is 5.75 Å². The molecular formula is C12H13NO4. The van der Waals surface area contributed by atoms with Gasteiger partial charge in [-0.25, -0.2) is 9.79 Å². The first-order valence-electron chi connectivity index (χ1n) is 5.24. The summed E-state index contributed by atoms with van der Waals surface area (Å²) in [6.45, 7) is 1.73. The average Bonchev–Trinajstić information content (AvgIpc) is 2.71. The number of para-hydroxylation sites is 1. The lowest BCUT2D eigenvalue weighted by molar-refractivity contribution is -0.143. The van der Waals surface area contributed by atoms with Gasteiger partial charge in [0.25, 0.3) is 0 Å². The molecule has 2 rings (SSSR count). The van der Waals surface area contributed by atoms with E-state index in [9.17, 15) is 9.90 Å². The van der Waals surface area contributed by atoms with Crippen molar-refractivity contribution >= 4 is 11.9 Å². The van der Waals surface area contributed by atoms with Crippen LogP contribution in [0.2, 0.25) is 0 Å². The maximum absolute atomic E-state index is 11.4. The van der Waals surface area contributed by atoms with Crippen molar-refractivity contribution in [1.82, 2.24) is 0 Å². The highest BCUT2D eigenvalue weighted by molar-refractivity contribution is 6.00. The van der Waals surface area contributed by atoms with Crippen molar-refractivity contribution in [2.75, 3.05) is 7.11 Å². The number of carbonyl (C=O) groups is 1. The van der Waals surface area contributed by atoms with Crippen molar-refractivity contribution < 1.29 is 19.4 Å². The van der Waals surface area contributed by atoms with E-state index in [2.05, 4.69) is 9.73 Å². The van der Waals surface area contributed by atoms with Gasteiger partial charge in [0.1, 0.15) is 11.9 Å². The first-order valence-corrected chi connectivity index (χ1v) is 5.24. The fourth-order valence-corrected chi connectivity index (χ4v) is 1.65. The monoisotopic (exact) mass is 235 g/mol. The summed E-state index contributed by atoms with van der Waals surface area (Å²) in [6, 6.07) is 6.01. The van der Waals surface area contributed by atoms with Gasteiger partial charge in [-0.1, -0.05) is 12.1 Å². The van der Waals surface area contributed by atoms with Gasteiger partial charge in [-0.05, 0) is 19.1 Å². The predicted octanol–water partition coefficient (Wildman–Crippen LogP) is 1.10. The molecule has 0 fully saturated rings. The van der Waals surface area contributed by atoms with E-state index in [-0.39, 0.29) is 11.6 Å². The van der Waals surface area contributed by atoms with Gasteiger partial charge < -0.3 is 14.6 Å². The zero-order valence-corrected chi connectivity index (χ0v) is 9.58. The third kappa shape index (κ3) is 2.08. The van der Waals surface area contributed by atoms with Crippen molar-refractivity contribution in [3.05, 3.63) is 29.8 Å². The normalized spacial score (nSPS) is 22.8. The van der Waals surface area contributed by atoms with Crippen LogP contribution >= 0.6 is 0 Å². The van der Waals surface area contributed by atoms with Gasteiger partial charge in [-0.3, -0.25) is 0 Å². The molecule has 1 aliphatic rings. The van der Waals surface area contributed by atoms with Crippen LogP contribution in [0.15, 0.2) is 29.3 Å². The molecule has 1 heterocycles. The van der Waals surface area contributed by atoms with E-state index in [1.165, 1.54) is 13.2 Å². The summed E-state index contributed by atoms with van der Waals surface area (Å²) < 4.78 is 10.1. The highest BCUT2D eigenvalue weighted by atomic mass is 16.5. The molecule has 1 N–H and O–H groups in total.